The van der Waals surface area contributed by atoms with Gasteiger partial charge in [0, 0.05) is 13.1 Å². The van der Waals surface area contributed by atoms with Crippen LogP contribution in [0.25, 0.3) is 0 Å². The summed E-state index contributed by atoms with van der Waals surface area (Å²) in [5, 5.41) is 2.72. The van der Waals surface area contributed by atoms with E-state index in [1.807, 2.05) is 0 Å². The van der Waals surface area contributed by atoms with E-state index in [9.17, 15) is 17.6 Å². The lowest BCUT2D eigenvalue weighted by atomic mass is 10.2. The number of hydrogen-bond acceptors (Lipinski definition) is 5. The number of piperidine rings is 1. The summed E-state index contributed by atoms with van der Waals surface area (Å²) in [6, 6.07) is 10.0. The molecular weight excluding hydrogens is 423 g/mol. The number of benzene rings is 2. The van der Waals surface area contributed by atoms with Gasteiger partial charge in [-0.1, -0.05) is 6.42 Å². The smallest absolute Gasteiger partial charge is 0.243 e. The molecule has 1 amide bonds. The molecule has 3 rings (SSSR count). The number of rotatable bonds is 9. The number of amides is 1. The maximum absolute atomic E-state index is 13.0. The Balaban J connectivity index is 1.68. The van der Waals surface area contributed by atoms with Crippen molar-refractivity contribution < 1.29 is 27.1 Å². The zero-order chi connectivity index (χ0) is 22.3. The minimum atomic E-state index is -3.64. The highest BCUT2D eigenvalue weighted by Crippen LogP contribution is 2.30. The van der Waals surface area contributed by atoms with Crippen molar-refractivity contribution >= 4 is 21.6 Å². The molecule has 1 heterocycles. The van der Waals surface area contributed by atoms with Crippen molar-refractivity contribution in [1.29, 1.82) is 0 Å². The maximum atomic E-state index is 13.0. The molecule has 0 radical (unpaired) electrons. The Kier molecular flexibility index (Phi) is 7.86. The molecule has 2 aromatic rings. The molecule has 0 unspecified atom stereocenters. The number of hydrogen-bond donors (Lipinski definition) is 1. The highest BCUT2D eigenvalue weighted by molar-refractivity contribution is 7.89. The Hall–Kier alpha value is -2.65. The molecule has 1 fully saturated rings. The molecule has 7 nitrogen and oxygen atoms in total. The molecular formula is C22H27FN2O5S. The molecule has 0 saturated carbocycles. The van der Waals surface area contributed by atoms with E-state index in [1.54, 1.807) is 13.0 Å². The Morgan fingerprint density at radius 2 is 1.77 bits per heavy atom. The SMILES string of the molecule is CCOc1ccc(S(=O)(=O)N2CCCCC2)cc1NC(=O)CCOc1ccc(F)cc1. The number of halogens is 1. The van der Waals surface area contributed by atoms with Crippen LogP contribution in [-0.4, -0.2) is 44.9 Å². The predicted molar refractivity (Wildman–Crippen MR) is 115 cm³/mol. The average Bonchev–Trinajstić information content (AvgIpc) is 2.77. The number of carbonyl (C=O) groups is 1. The standard InChI is InChI=1S/C22H27FN2O5S/c1-2-29-21-11-10-19(31(27,28)25-13-4-3-5-14-25)16-20(21)24-22(26)12-15-30-18-8-6-17(23)7-9-18/h6-11,16H,2-5,12-15H2,1H3,(H,24,26). The summed E-state index contributed by atoms with van der Waals surface area (Å²) in [5.74, 6) is 0.134. The second-order valence-corrected chi connectivity index (χ2v) is 9.09. The molecule has 1 aliphatic heterocycles. The lowest BCUT2D eigenvalue weighted by molar-refractivity contribution is -0.116. The Labute approximate surface area is 182 Å². The van der Waals surface area contributed by atoms with E-state index in [0.717, 1.165) is 19.3 Å². The van der Waals surface area contributed by atoms with Crippen LogP contribution in [0.5, 0.6) is 11.5 Å². The molecule has 0 spiro atoms. The van der Waals surface area contributed by atoms with E-state index < -0.39 is 10.0 Å². The monoisotopic (exact) mass is 450 g/mol. The molecule has 1 aliphatic rings. The van der Waals surface area contributed by atoms with Gasteiger partial charge in [0.05, 0.1) is 30.2 Å². The number of nitrogens with zero attached hydrogens (tertiary/aromatic N) is 1. The van der Waals surface area contributed by atoms with E-state index >= 15 is 0 Å². The van der Waals surface area contributed by atoms with Gasteiger partial charge in [-0.3, -0.25) is 4.79 Å². The molecule has 168 valence electrons. The van der Waals surface area contributed by atoms with Gasteiger partial charge in [-0.25, -0.2) is 12.8 Å². The van der Waals surface area contributed by atoms with Gasteiger partial charge in [0.15, 0.2) is 0 Å². The van der Waals surface area contributed by atoms with E-state index in [0.29, 0.717) is 36.9 Å². The van der Waals surface area contributed by atoms with Crippen LogP contribution < -0.4 is 14.8 Å². The third-order valence-electron chi connectivity index (χ3n) is 4.89. The fraction of sp³-hybridized carbons (Fsp3) is 0.409. The van der Waals surface area contributed by atoms with Gasteiger partial charge in [0.1, 0.15) is 17.3 Å². The van der Waals surface area contributed by atoms with Gasteiger partial charge in [-0.05, 0) is 62.2 Å². The van der Waals surface area contributed by atoms with Crippen LogP contribution in [0.3, 0.4) is 0 Å². The lowest BCUT2D eigenvalue weighted by Gasteiger charge is -2.26. The van der Waals surface area contributed by atoms with Crippen LogP contribution in [0.4, 0.5) is 10.1 Å². The van der Waals surface area contributed by atoms with Gasteiger partial charge >= 0.3 is 0 Å². The molecule has 2 aromatic carbocycles. The molecule has 0 atom stereocenters. The van der Waals surface area contributed by atoms with Crippen molar-refractivity contribution in [2.24, 2.45) is 0 Å². The molecule has 0 bridgehead atoms. The first-order chi connectivity index (χ1) is 14.9. The Morgan fingerprint density at radius 3 is 2.45 bits per heavy atom. The van der Waals surface area contributed by atoms with Crippen LogP contribution in [0.1, 0.15) is 32.6 Å². The largest absolute Gasteiger partial charge is 0.493 e. The number of sulfonamides is 1. The summed E-state index contributed by atoms with van der Waals surface area (Å²) in [7, 11) is -3.64. The molecule has 0 aliphatic carbocycles. The van der Waals surface area contributed by atoms with E-state index in [4.69, 9.17) is 9.47 Å². The minimum Gasteiger partial charge on any atom is -0.493 e. The van der Waals surface area contributed by atoms with Crippen LogP contribution in [0, 0.1) is 5.82 Å². The Morgan fingerprint density at radius 1 is 1.06 bits per heavy atom. The second-order valence-electron chi connectivity index (χ2n) is 7.16. The number of ether oxygens (including phenoxy) is 2. The molecule has 0 aromatic heterocycles. The first-order valence-corrected chi connectivity index (χ1v) is 11.8. The fourth-order valence-corrected chi connectivity index (χ4v) is 4.85. The zero-order valence-corrected chi connectivity index (χ0v) is 18.3. The van der Waals surface area contributed by atoms with E-state index in [-0.39, 0.29) is 29.6 Å². The zero-order valence-electron chi connectivity index (χ0n) is 17.5. The van der Waals surface area contributed by atoms with Crippen molar-refractivity contribution in [3.8, 4) is 11.5 Å². The first-order valence-electron chi connectivity index (χ1n) is 10.4. The van der Waals surface area contributed by atoms with Crippen LogP contribution >= 0.6 is 0 Å². The minimum absolute atomic E-state index is 0.0338. The van der Waals surface area contributed by atoms with Crippen LogP contribution in [0.15, 0.2) is 47.4 Å². The van der Waals surface area contributed by atoms with Gasteiger partial charge in [0.25, 0.3) is 0 Å². The lowest BCUT2D eigenvalue weighted by Crippen LogP contribution is -2.35. The van der Waals surface area contributed by atoms with Gasteiger partial charge in [-0.2, -0.15) is 4.31 Å². The van der Waals surface area contributed by atoms with E-state index in [1.165, 1.54) is 40.7 Å². The highest BCUT2D eigenvalue weighted by Gasteiger charge is 2.27. The van der Waals surface area contributed by atoms with Crippen molar-refractivity contribution in [2.75, 3.05) is 31.6 Å². The molecule has 31 heavy (non-hydrogen) atoms. The summed E-state index contributed by atoms with van der Waals surface area (Å²) < 4.78 is 51.4. The van der Waals surface area contributed by atoms with Gasteiger partial charge < -0.3 is 14.8 Å². The number of anilines is 1. The second kappa shape index (κ2) is 10.6. The summed E-state index contributed by atoms with van der Waals surface area (Å²) >= 11 is 0. The number of nitrogens with one attached hydrogen (secondary N) is 1. The predicted octanol–water partition coefficient (Wildman–Crippen LogP) is 3.81. The third kappa shape index (κ3) is 6.18. The van der Waals surface area contributed by atoms with Crippen LogP contribution in [-0.2, 0) is 14.8 Å². The van der Waals surface area contributed by atoms with Crippen molar-refractivity contribution in [3.05, 3.63) is 48.3 Å². The fourth-order valence-electron chi connectivity index (χ4n) is 3.31. The number of carbonyl (C=O) groups excluding carboxylic acids is 1. The molecule has 9 heteroatoms. The first kappa shape index (κ1) is 23.0. The maximum Gasteiger partial charge on any atom is 0.243 e. The topological polar surface area (TPSA) is 84.9 Å². The van der Waals surface area contributed by atoms with Crippen molar-refractivity contribution in [2.45, 2.75) is 37.5 Å². The Bertz CT molecular complexity index is 989. The summed E-state index contributed by atoms with van der Waals surface area (Å²) in [6.07, 6.45) is 2.74. The summed E-state index contributed by atoms with van der Waals surface area (Å²) in [5.41, 5.74) is 0.298. The highest BCUT2D eigenvalue weighted by atomic mass is 32.2. The molecule has 1 saturated heterocycles. The quantitative estimate of drug-likeness (QED) is 0.628. The normalized spacial score (nSPS) is 14.8. The van der Waals surface area contributed by atoms with Crippen molar-refractivity contribution in [1.82, 2.24) is 4.31 Å². The van der Waals surface area contributed by atoms with Crippen LogP contribution in [0.2, 0.25) is 0 Å². The summed E-state index contributed by atoms with van der Waals surface area (Å²) in [6.45, 7) is 3.26. The summed E-state index contributed by atoms with van der Waals surface area (Å²) in [4.78, 5) is 12.5. The third-order valence-corrected chi connectivity index (χ3v) is 6.78. The average molecular weight is 451 g/mol. The van der Waals surface area contributed by atoms with Gasteiger partial charge in [0.2, 0.25) is 15.9 Å². The van der Waals surface area contributed by atoms with E-state index in [2.05, 4.69) is 5.32 Å². The van der Waals surface area contributed by atoms with Gasteiger partial charge in [-0.15, -0.1) is 0 Å². The molecule has 1 N–H and O–H groups in total. The van der Waals surface area contributed by atoms with Crippen molar-refractivity contribution in [3.63, 3.8) is 0 Å².